The van der Waals surface area contributed by atoms with Crippen LogP contribution >= 0.6 is 0 Å². The summed E-state index contributed by atoms with van der Waals surface area (Å²) in [6.07, 6.45) is 3.69. The third kappa shape index (κ3) is 3.82. The van der Waals surface area contributed by atoms with Gasteiger partial charge in [0.05, 0.1) is 43.7 Å². The number of rotatable bonds is 5. The molecule has 0 amide bonds. The molecule has 1 aliphatic rings. The van der Waals surface area contributed by atoms with E-state index in [0.717, 1.165) is 22.6 Å². The van der Waals surface area contributed by atoms with Crippen LogP contribution in [-0.2, 0) is 4.74 Å². The topological polar surface area (TPSA) is 70.2 Å². The number of halogens is 1. The fraction of sp³-hybridized carbons (Fsp3) is 0.261. The Bertz CT molecular complexity index is 1230. The molecule has 2 aromatic carbocycles. The summed E-state index contributed by atoms with van der Waals surface area (Å²) < 4.78 is 28.3. The lowest BCUT2D eigenvalue weighted by Gasteiger charge is -2.27. The van der Waals surface area contributed by atoms with Gasteiger partial charge in [0.15, 0.2) is 5.82 Å². The van der Waals surface area contributed by atoms with Gasteiger partial charge in [-0.15, -0.1) is 5.10 Å². The number of anilines is 1. The van der Waals surface area contributed by atoms with Crippen LogP contribution in [0.1, 0.15) is 5.69 Å². The SMILES string of the molecule is COc1cc(-c2nc(N3CCOCC3)n(-c3ccc(F)cc3)n2)ccc1-n1cnc(C)c1. The van der Waals surface area contributed by atoms with Gasteiger partial charge in [0.25, 0.3) is 0 Å². The van der Waals surface area contributed by atoms with E-state index in [9.17, 15) is 4.39 Å². The van der Waals surface area contributed by atoms with Gasteiger partial charge in [0, 0.05) is 24.8 Å². The maximum atomic E-state index is 13.5. The zero-order valence-corrected chi connectivity index (χ0v) is 17.9. The van der Waals surface area contributed by atoms with Gasteiger partial charge in [0.2, 0.25) is 5.95 Å². The third-order valence-electron chi connectivity index (χ3n) is 5.38. The lowest BCUT2D eigenvalue weighted by molar-refractivity contribution is 0.122. The normalized spacial score (nSPS) is 14.0. The van der Waals surface area contributed by atoms with Gasteiger partial charge < -0.3 is 18.9 Å². The minimum Gasteiger partial charge on any atom is -0.495 e. The first-order valence-corrected chi connectivity index (χ1v) is 10.4. The number of ether oxygens (including phenoxy) is 2. The Hall–Kier alpha value is -3.72. The van der Waals surface area contributed by atoms with Crippen LogP contribution in [0.2, 0.25) is 0 Å². The number of hydrogen-bond donors (Lipinski definition) is 0. The van der Waals surface area contributed by atoms with E-state index < -0.39 is 0 Å². The highest BCUT2D eigenvalue weighted by atomic mass is 19.1. The Balaban J connectivity index is 1.58. The summed E-state index contributed by atoms with van der Waals surface area (Å²) in [6, 6.07) is 12.1. The van der Waals surface area contributed by atoms with Crippen molar-refractivity contribution in [3.63, 3.8) is 0 Å². The molecule has 8 nitrogen and oxygen atoms in total. The zero-order valence-electron chi connectivity index (χ0n) is 17.9. The number of morpholine rings is 1. The van der Waals surface area contributed by atoms with E-state index in [1.54, 1.807) is 30.3 Å². The van der Waals surface area contributed by atoms with Crippen molar-refractivity contribution in [1.29, 1.82) is 0 Å². The molecule has 32 heavy (non-hydrogen) atoms. The van der Waals surface area contributed by atoms with Crippen molar-refractivity contribution in [3.8, 4) is 28.5 Å². The maximum absolute atomic E-state index is 13.5. The minimum atomic E-state index is -0.294. The molecule has 0 bridgehead atoms. The molecule has 1 aliphatic heterocycles. The Morgan fingerprint density at radius 1 is 1.06 bits per heavy atom. The molecule has 5 rings (SSSR count). The molecule has 1 fully saturated rings. The van der Waals surface area contributed by atoms with Gasteiger partial charge >= 0.3 is 0 Å². The summed E-state index contributed by atoms with van der Waals surface area (Å²) in [5, 5.41) is 4.76. The van der Waals surface area contributed by atoms with Gasteiger partial charge in [-0.05, 0) is 49.4 Å². The monoisotopic (exact) mass is 434 g/mol. The van der Waals surface area contributed by atoms with Crippen molar-refractivity contribution in [2.24, 2.45) is 0 Å². The standard InChI is InChI=1S/C23H23FN6O2/c1-16-14-29(15-25-16)20-8-3-17(13-21(20)31-2)22-26-23(28-9-11-32-12-10-28)30(27-22)19-6-4-18(24)5-7-19/h3-8,13-15H,9-12H2,1-2H3. The molecule has 0 radical (unpaired) electrons. The van der Waals surface area contributed by atoms with Crippen LogP contribution in [0.15, 0.2) is 55.0 Å². The smallest absolute Gasteiger partial charge is 0.229 e. The summed E-state index contributed by atoms with van der Waals surface area (Å²) in [4.78, 5) is 11.3. The van der Waals surface area contributed by atoms with Crippen molar-refractivity contribution in [1.82, 2.24) is 24.3 Å². The van der Waals surface area contributed by atoms with Crippen LogP contribution in [-0.4, -0.2) is 57.7 Å². The Morgan fingerprint density at radius 3 is 2.53 bits per heavy atom. The number of nitrogens with zero attached hydrogens (tertiary/aromatic N) is 6. The number of hydrogen-bond acceptors (Lipinski definition) is 6. The fourth-order valence-corrected chi connectivity index (χ4v) is 3.73. The number of aromatic nitrogens is 5. The molecule has 0 aliphatic carbocycles. The predicted molar refractivity (Wildman–Crippen MR) is 118 cm³/mol. The molecule has 1 saturated heterocycles. The number of methoxy groups -OCH3 is 1. The Kier molecular flexibility index (Phi) is 5.32. The second-order valence-corrected chi connectivity index (χ2v) is 7.53. The number of imidazole rings is 1. The zero-order chi connectivity index (χ0) is 22.1. The maximum Gasteiger partial charge on any atom is 0.229 e. The Morgan fingerprint density at radius 2 is 1.84 bits per heavy atom. The van der Waals surface area contributed by atoms with Crippen LogP contribution in [0, 0.1) is 12.7 Å². The largest absolute Gasteiger partial charge is 0.495 e. The van der Waals surface area contributed by atoms with E-state index >= 15 is 0 Å². The Labute approximate surface area is 184 Å². The van der Waals surface area contributed by atoms with Gasteiger partial charge in [0.1, 0.15) is 11.6 Å². The van der Waals surface area contributed by atoms with E-state index in [2.05, 4.69) is 9.88 Å². The van der Waals surface area contributed by atoms with Crippen LogP contribution in [0.3, 0.4) is 0 Å². The number of benzene rings is 2. The van der Waals surface area contributed by atoms with Crippen LogP contribution in [0.5, 0.6) is 5.75 Å². The molecule has 0 atom stereocenters. The average Bonchev–Trinajstić information content (AvgIpc) is 3.46. The summed E-state index contributed by atoms with van der Waals surface area (Å²) in [7, 11) is 1.64. The molecule has 2 aromatic heterocycles. The van der Waals surface area contributed by atoms with Gasteiger partial charge in [-0.2, -0.15) is 9.67 Å². The molecule has 0 spiro atoms. The molecular weight excluding hydrogens is 411 g/mol. The van der Waals surface area contributed by atoms with Gasteiger partial charge in [-0.3, -0.25) is 0 Å². The molecule has 9 heteroatoms. The second-order valence-electron chi connectivity index (χ2n) is 7.53. The van der Waals surface area contributed by atoms with Crippen LogP contribution < -0.4 is 9.64 Å². The molecule has 4 aromatic rings. The van der Waals surface area contributed by atoms with Crippen molar-refractivity contribution in [2.75, 3.05) is 38.3 Å². The molecule has 3 heterocycles. The average molecular weight is 434 g/mol. The molecule has 0 unspecified atom stereocenters. The first-order valence-electron chi connectivity index (χ1n) is 10.4. The van der Waals surface area contributed by atoms with E-state index in [4.69, 9.17) is 19.6 Å². The van der Waals surface area contributed by atoms with Crippen molar-refractivity contribution < 1.29 is 13.9 Å². The predicted octanol–water partition coefficient (Wildman–Crippen LogP) is 3.41. The minimum absolute atomic E-state index is 0.294. The highest BCUT2D eigenvalue weighted by molar-refractivity contribution is 5.64. The summed E-state index contributed by atoms with van der Waals surface area (Å²) >= 11 is 0. The lowest BCUT2D eigenvalue weighted by Crippen LogP contribution is -2.37. The highest BCUT2D eigenvalue weighted by Crippen LogP contribution is 2.30. The molecule has 0 saturated carbocycles. The van der Waals surface area contributed by atoms with E-state index in [1.807, 2.05) is 35.9 Å². The quantitative estimate of drug-likeness (QED) is 0.480. The van der Waals surface area contributed by atoms with Crippen molar-refractivity contribution in [2.45, 2.75) is 6.92 Å². The van der Waals surface area contributed by atoms with Crippen molar-refractivity contribution in [3.05, 3.63) is 66.5 Å². The van der Waals surface area contributed by atoms with Gasteiger partial charge in [-0.1, -0.05) is 0 Å². The summed E-state index contributed by atoms with van der Waals surface area (Å²) in [6.45, 7) is 4.61. The second kappa shape index (κ2) is 8.43. The summed E-state index contributed by atoms with van der Waals surface area (Å²) in [5.74, 6) is 1.65. The lowest BCUT2D eigenvalue weighted by atomic mass is 10.1. The van der Waals surface area contributed by atoms with Gasteiger partial charge in [-0.25, -0.2) is 9.37 Å². The van der Waals surface area contributed by atoms with E-state index in [1.165, 1.54) is 12.1 Å². The van der Waals surface area contributed by atoms with E-state index in [-0.39, 0.29) is 5.82 Å². The van der Waals surface area contributed by atoms with E-state index in [0.29, 0.717) is 43.8 Å². The van der Waals surface area contributed by atoms with Crippen LogP contribution in [0.25, 0.3) is 22.8 Å². The third-order valence-corrected chi connectivity index (χ3v) is 5.38. The highest BCUT2D eigenvalue weighted by Gasteiger charge is 2.22. The molecule has 0 N–H and O–H groups in total. The molecular formula is C23H23FN6O2. The fourth-order valence-electron chi connectivity index (χ4n) is 3.73. The first-order chi connectivity index (χ1) is 15.6. The molecule has 164 valence electrons. The summed E-state index contributed by atoms with van der Waals surface area (Å²) in [5.41, 5.74) is 3.36. The number of aryl methyl sites for hydroxylation is 1. The van der Waals surface area contributed by atoms with Crippen molar-refractivity contribution >= 4 is 5.95 Å². The first kappa shape index (κ1) is 20.2. The van der Waals surface area contributed by atoms with Crippen LogP contribution in [0.4, 0.5) is 10.3 Å².